The van der Waals surface area contributed by atoms with Crippen molar-refractivity contribution >= 4 is 38.6 Å². The van der Waals surface area contributed by atoms with Crippen LogP contribution in [0.3, 0.4) is 0 Å². The van der Waals surface area contributed by atoms with Crippen LogP contribution in [0.1, 0.15) is 11.1 Å². The SMILES string of the molecule is Cc1ccc(Cn2c(=O)c3ncccc3n(CC(=O)Nc3ccc(Br)cc3)c2=O)cc1. The maximum absolute atomic E-state index is 13.2. The topological polar surface area (TPSA) is 86.0 Å². The average molecular weight is 479 g/mol. The minimum Gasteiger partial charge on any atom is -0.325 e. The lowest BCUT2D eigenvalue weighted by Crippen LogP contribution is -2.42. The van der Waals surface area contributed by atoms with E-state index in [1.165, 1.54) is 10.8 Å². The monoisotopic (exact) mass is 478 g/mol. The van der Waals surface area contributed by atoms with Crippen molar-refractivity contribution in [2.45, 2.75) is 20.0 Å². The van der Waals surface area contributed by atoms with Crippen LogP contribution in [0, 0.1) is 6.92 Å². The summed E-state index contributed by atoms with van der Waals surface area (Å²) in [5, 5.41) is 2.77. The number of carbonyl (C=O) groups excluding carboxylic acids is 1. The van der Waals surface area contributed by atoms with E-state index in [2.05, 4.69) is 26.2 Å². The van der Waals surface area contributed by atoms with Crippen LogP contribution in [0.15, 0.2) is 80.9 Å². The fourth-order valence-electron chi connectivity index (χ4n) is 3.29. The van der Waals surface area contributed by atoms with Crippen LogP contribution in [-0.4, -0.2) is 20.0 Å². The van der Waals surface area contributed by atoms with E-state index in [0.29, 0.717) is 11.2 Å². The molecule has 31 heavy (non-hydrogen) atoms. The Labute approximate surface area is 186 Å². The highest BCUT2D eigenvalue weighted by atomic mass is 79.9. The second-order valence-corrected chi connectivity index (χ2v) is 8.09. The third-order valence-electron chi connectivity index (χ3n) is 4.88. The highest BCUT2D eigenvalue weighted by Crippen LogP contribution is 2.14. The quantitative estimate of drug-likeness (QED) is 0.476. The first-order chi connectivity index (χ1) is 14.9. The number of rotatable bonds is 5. The second-order valence-electron chi connectivity index (χ2n) is 7.17. The zero-order valence-corrected chi connectivity index (χ0v) is 18.3. The van der Waals surface area contributed by atoms with Crippen molar-refractivity contribution in [1.82, 2.24) is 14.1 Å². The summed E-state index contributed by atoms with van der Waals surface area (Å²) in [5.41, 5.74) is 1.93. The van der Waals surface area contributed by atoms with Crippen molar-refractivity contribution in [3.8, 4) is 0 Å². The predicted octanol–water partition coefficient (Wildman–Crippen LogP) is 3.32. The Morgan fingerprint density at radius 1 is 1.00 bits per heavy atom. The molecule has 0 fully saturated rings. The van der Waals surface area contributed by atoms with Gasteiger partial charge in [0.15, 0.2) is 5.52 Å². The van der Waals surface area contributed by atoms with Crippen LogP contribution in [0.25, 0.3) is 11.0 Å². The lowest BCUT2D eigenvalue weighted by molar-refractivity contribution is -0.116. The molecule has 0 radical (unpaired) electrons. The fourth-order valence-corrected chi connectivity index (χ4v) is 3.55. The smallest absolute Gasteiger partial charge is 0.325 e. The number of aromatic nitrogens is 3. The van der Waals surface area contributed by atoms with Crippen molar-refractivity contribution < 1.29 is 4.79 Å². The van der Waals surface area contributed by atoms with Gasteiger partial charge in [0.2, 0.25) is 5.91 Å². The lowest BCUT2D eigenvalue weighted by atomic mass is 10.1. The molecule has 8 heteroatoms. The highest BCUT2D eigenvalue weighted by molar-refractivity contribution is 9.10. The first kappa shape index (κ1) is 20.7. The molecule has 2 heterocycles. The number of pyridine rings is 1. The van der Waals surface area contributed by atoms with Crippen LogP contribution in [0.2, 0.25) is 0 Å². The zero-order chi connectivity index (χ0) is 22.0. The number of amides is 1. The van der Waals surface area contributed by atoms with Crippen LogP contribution >= 0.6 is 15.9 Å². The van der Waals surface area contributed by atoms with E-state index in [9.17, 15) is 14.4 Å². The lowest BCUT2D eigenvalue weighted by Gasteiger charge is -2.14. The summed E-state index contributed by atoms with van der Waals surface area (Å²) in [4.78, 5) is 43.0. The maximum atomic E-state index is 13.2. The van der Waals surface area contributed by atoms with E-state index in [0.717, 1.165) is 20.2 Å². The normalized spacial score (nSPS) is 10.9. The molecule has 156 valence electrons. The number of hydrogen-bond acceptors (Lipinski definition) is 4. The highest BCUT2D eigenvalue weighted by Gasteiger charge is 2.16. The molecule has 0 atom stereocenters. The Morgan fingerprint density at radius 2 is 1.71 bits per heavy atom. The molecule has 2 aromatic carbocycles. The van der Waals surface area contributed by atoms with Gasteiger partial charge >= 0.3 is 5.69 Å². The van der Waals surface area contributed by atoms with Crippen LogP contribution in [-0.2, 0) is 17.9 Å². The van der Waals surface area contributed by atoms with Crippen molar-refractivity contribution in [3.05, 3.63) is 103 Å². The number of halogens is 1. The van der Waals surface area contributed by atoms with E-state index in [-0.39, 0.29) is 24.5 Å². The van der Waals surface area contributed by atoms with Crippen molar-refractivity contribution in [2.75, 3.05) is 5.32 Å². The zero-order valence-electron chi connectivity index (χ0n) is 16.7. The Morgan fingerprint density at radius 3 is 2.42 bits per heavy atom. The molecule has 1 amide bonds. The summed E-state index contributed by atoms with van der Waals surface area (Å²) in [6.45, 7) is 1.82. The molecule has 0 aliphatic carbocycles. The van der Waals surface area contributed by atoms with Gasteiger partial charge in [0.1, 0.15) is 6.54 Å². The van der Waals surface area contributed by atoms with Gasteiger partial charge in [0.25, 0.3) is 5.56 Å². The number of benzene rings is 2. The number of carbonyl (C=O) groups is 1. The molecule has 0 saturated carbocycles. The Bertz CT molecular complexity index is 1370. The van der Waals surface area contributed by atoms with Gasteiger partial charge in [-0.25, -0.2) is 9.78 Å². The fraction of sp³-hybridized carbons (Fsp3) is 0.130. The summed E-state index contributed by atoms with van der Waals surface area (Å²) in [6.07, 6.45) is 1.50. The largest absolute Gasteiger partial charge is 0.332 e. The second kappa shape index (κ2) is 8.69. The van der Waals surface area contributed by atoms with Crippen molar-refractivity contribution in [1.29, 1.82) is 0 Å². The number of anilines is 1. The summed E-state index contributed by atoms with van der Waals surface area (Å²) in [5.74, 6) is -0.380. The van der Waals surface area contributed by atoms with Crippen LogP contribution in [0.4, 0.5) is 5.69 Å². The molecule has 0 bridgehead atoms. The molecule has 0 unspecified atom stereocenters. The third kappa shape index (κ3) is 4.49. The van der Waals surface area contributed by atoms with Crippen LogP contribution in [0.5, 0.6) is 0 Å². The Hall–Kier alpha value is -3.52. The summed E-state index contributed by atoms with van der Waals surface area (Å²) >= 11 is 3.35. The molecule has 2 aromatic heterocycles. The van der Waals surface area contributed by atoms with Gasteiger partial charge < -0.3 is 5.32 Å². The van der Waals surface area contributed by atoms with E-state index < -0.39 is 11.2 Å². The van der Waals surface area contributed by atoms with Crippen molar-refractivity contribution in [3.63, 3.8) is 0 Å². The van der Waals surface area contributed by atoms with Crippen molar-refractivity contribution in [2.24, 2.45) is 0 Å². The summed E-state index contributed by atoms with van der Waals surface area (Å²) < 4.78 is 3.29. The third-order valence-corrected chi connectivity index (χ3v) is 5.41. The molecule has 0 aliphatic rings. The number of aryl methyl sites for hydroxylation is 1. The first-order valence-electron chi connectivity index (χ1n) is 9.62. The molecule has 0 saturated heterocycles. The van der Waals surface area contributed by atoms with E-state index in [1.54, 1.807) is 24.3 Å². The molecule has 0 aliphatic heterocycles. The number of hydrogen-bond donors (Lipinski definition) is 1. The molecule has 4 rings (SSSR count). The summed E-state index contributed by atoms with van der Waals surface area (Å²) in [7, 11) is 0. The molecule has 1 N–H and O–H groups in total. The molecule has 0 spiro atoms. The average Bonchev–Trinajstić information content (AvgIpc) is 2.77. The van der Waals surface area contributed by atoms with Gasteiger partial charge in [0, 0.05) is 16.4 Å². The molecular formula is C23H19BrN4O3. The minimum atomic E-state index is -0.558. The van der Waals surface area contributed by atoms with Gasteiger partial charge in [0.05, 0.1) is 12.1 Å². The van der Waals surface area contributed by atoms with E-state index >= 15 is 0 Å². The van der Waals surface area contributed by atoms with Gasteiger partial charge in [-0.3, -0.25) is 18.7 Å². The number of fused-ring (bicyclic) bond motifs is 1. The van der Waals surface area contributed by atoms with Gasteiger partial charge in [-0.2, -0.15) is 0 Å². The standard InChI is InChI=1S/C23H19BrN4O3/c1-15-4-6-16(7-5-15)13-28-22(30)21-19(3-2-12-25-21)27(23(28)31)14-20(29)26-18-10-8-17(24)9-11-18/h2-12H,13-14H2,1H3,(H,26,29). The minimum absolute atomic E-state index is 0.0960. The van der Waals surface area contributed by atoms with E-state index in [4.69, 9.17) is 0 Å². The predicted molar refractivity (Wildman–Crippen MR) is 123 cm³/mol. The number of nitrogens with one attached hydrogen (secondary N) is 1. The Balaban J connectivity index is 1.74. The summed E-state index contributed by atoms with van der Waals surface area (Å²) in [6, 6.07) is 18.0. The van der Waals surface area contributed by atoms with Crippen LogP contribution < -0.4 is 16.6 Å². The maximum Gasteiger partial charge on any atom is 0.332 e. The molecule has 4 aromatic rings. The van der Waals surface area contributed by atoms with Gasteiger partial charge in [-0.15, -0.1) is 0 Å². The Kier molecular flexibility index (Phi) is 5.81. The first-order valence-corrected chi connectivity index (χ1v) is 10.4. The molecule has 7 nitrogen and oxygen atoms in total. The van der Waals surface area contributed by atoms with Gasteiger partial charge in [-0.05, 0) is 48.9 Å². The molecular weight excluding hydrogens is 460 g/mol. The number of nitrogens with zero attached hydrogens (tertiary/aromatic N) is 3. The van der Waals surface area contributed by atoms with E-state index in [1.807, 2.05) is 43.3 Å². The van der Waals surface area contributed by atoms with Gasteiger partial charge in [-0.1, -0.05) is 45.8 Å².